The van der Waals surface area contributed by atoms with Crippen LogP contribution in [0.1, 0.15) is 39.0 Å². The molecular formula is C14H18N2O2. The standard InChI is InChI=1S/C14H18N2O2/c1-2-3-4-5-6-14(17)18-11-7-8-12-13(9-11)16-10-15-12/h7-10H,2-6H2,1H3,(H,15,16). The van der Waals surface area contributed by atoms with Crippen molar-refractivity contribution in [2.24, 2.45) is 0 Å². The number of nitrogens with zero attached hydrogens (tertiary/aromatic N) is 1. The number of ether oxygens (including phenoxy) is 1. The number of carbonyl (C=O) groups excluding carboxylic acids is 1. The normalized spacial score (nSPS) is 10.7. The zero-order chi connectivity index (χ0) is 12.8. The van der Waals surface area contributed by atoms with E-state index in [9.17, 15) is 4.79 Å². The van der Waals surface area contributed by atoms with Gasteiger partial charge in [0, 0.05) is 12.5 Å². The molecule has 0 amide bonds. The number of aromatic amines is 1. The van der Waals surface area contributed by atoms with E-state index >= 15 is 0 Å². The van der Waals surface area contributed by atoms with E-state index in [4.69, 9.17) is 4.74 Å². The molecule has 0 saturated carbocycles. The number of nitrogens with one attached hydrogen (secondary N) is 1. The summed E-state index contributed by atoms with van der Waals surface area (Å²) in [4.78, 5) is 18.7. The molecule has 1 aromatic carbocycles. The Morgan fingerprint density at radius 3 is 3.06 bits per heavy atom. The molecule has 4 nitrogen and oxygen atoms in total. The molecule has 0 unspecified atom stereocenters. The molecule has 0 fully saturated rings. The largest absolute Gasteiger partial charge is 0.426 e. The Labute approximate surface area is 106 Å². The van der Waals surface area contributed by atoms with E-state index in [1.165, 1.54) is 12.8 Å². The lowest BCUT2D eigenvalue weighted by Gasteiger charge is -2.04. The fraction of sp³-hybridized carbons (Fsp3) is 0.429. The topological polar surface area (TPSA) is 55.0 Å². The number of rotatable bonds is 6. The predicted molar refractivity (Wildman–Crippen MR) is 70.5 cm³/mol. The summed E-state index contributed by atoms with van der Waals surface area (Å²) < 4.78 is 5.28. The molecule has 0 aliphatic carbocycles. The highest BCUT2D eigenvalue weighted by atomic mass is 16.5. The van der Waals surface area contributed by atoms with Gasteiger partial charge in [0.1, 0.15) is 5.75 Å². The number of hydrogen-bond acceptors (Lipinski definition) is 3. The third-order valence-electron chi connectivity index (χ3n) is 2.86. The van der Waals surface area contributed by atoms with Crippen molar-refractivity contribution in [3.63, 3.8) is 0 Å². The van der Waals surface area contributed by atoms with Crippen molar-refractivity contribution in [2.45, 2.75) is 39.0 Å². The smallest absolute Gasteiger partial charge is 0.311 e. The van der Waals surface area contributed by atoms with Crippen molar-refractivity contribution in [2.75, 3.05) is 0 Å². The van der Waals surface area contributed by atoms with Crippen LogP contribution in [0.4, 0.5) is 0 Å². The zero-order valence-electron chi connectivity index (χ0n) is 10.6. The maximum Gasteiger partial charge on any atom is 0.311 e. The van der Waals surface area contributed by atoms with E-state index < -0.39 is 0 Å². The molecule has 1 aromatic heterocycles. The zero-order valence-corrected chi connectivity index (χ0v) is 10.6. The Kier molecular flexibility index (Phi) is 4.34. The van der Waals surface area contributed by atoms with Gasteiger partial charge in [0.2, 0.25) is 0 Å². The molecule has 0 radical (unpaired) electrons. The van der Waals surface area contributed by atoms with E-state index in [1.807, 2.05) is 6.07 Å². The van der Waals surface area contributed by atoms with Crippen molar-refractivity contribution in [1.82, 2.24) is 9.97 Å². The molecule has 2 rings (SSSR count). The lowest BCUT2D eigenvalue weighted by Crippen LogP contribution is -2.07. The number of hydrogen-bond donors (Lipinski definition) is 1. The minimum Gasteiger partial charge on any atom is -0.426 e. The number of aromatic nitrogens is 2. The van der Waals surface area contributed by atoms with Gasteiger partial charge >= 0.3 is 5.97 Å². The van der Waals surface area contributed by atoms with E-state index in [0.717, 1.165) is 23.9 Å². The molecule has 0 aliphatic rings. The number of unbranched alkanes of at least 4 members (excludes halogenated alkanes) is 3. The third kappa shape index (κ3) is 3.32. The Morgan fingerprint density at radius 2 is 2.22 bits per heavy atom. The molecule has 2 aromatic rings. The molecular weight excluding hydrogens is 228 g/mol. The van der Waals surface area contributed by atoms with Crippen LogP contribution in [0.3, 0.4) is 0 Å². The van der Waals surface area contributed by atoms with E-state index in [-0.39, 0.29) is 5.97 Å². The van der Waals surface area contributed by atoms with Gasteiger partial charge in [0.25, 0.3) is 0 Å². The van der Waals surface area contributed by atoms with Gasteiger partial charge in [-0.15, -0.1) is 0 Å². The monoisotopic (exact) mass is 246 g/mol. The molecule has 96 valence electrons. The van der Waals surface area contributed by atoms with Crippen LogP contribution in [0.25, 0.3) is 11.0 Å². The quantitative estimate of drug-likeness (QED) is 0.482. The SMILES string of the molecule is CCCCCCC(=O)Oc1ccc2[nH]cnc2c1. The maximum atomic E-state index is 11.6. The molecule has 0 aliphatic heterocycles. The van der Waals surface area contributed by atoms with Gasteiger partial charge in [0.05, 0.1) is 17.4 Å². The average Bonchev–Trinajstić information content (AvgIpc) is 2.82. The summed E-state index contributed by atoms with van der Waals surface area (Å²) in [6, 6.07) is 5.42. The number of imidazole rings is 1. The van der Waals surface area contributed by atoms with Crippen molar-refractivity contribution >= 4 is 17.0 Å². The fourth-order valence-corrected chi connectivity index (χ4v) is 1.85. The number of fused-ring (bicyclic) bond motifs is 1. The highest BCUT2D eigenvalue weighted by Gasteiger charge is 2.06. The summed E-state index contributed by atoms with van der Waals surface area (Å²) in [5.41, 5.74) is 1.75. The molecule has 1 N–H and O–H groups in total. The van der Waals surface area contributed by atoms with E-state index in [1.54, 1.807) is 18.5 Å². The maximum absolute atomic E-state index is 11.6. The first kappa shape index (κ1) is 12.6. The highest BCUT2D eigenvalue weighted by Crippen LogP contribution is 2.18. The van der Waals surface area contributed by atoms with Gasteiger partial charge in [-0.25, -0.2) is 4.98 Å². The Bertz CT molecular complexity index is 519. The van der Waals surface area contributed by atoms with Gasteiger partial charge in [-0.3, -0.25) is 4.79 Å². The van der Waals surface area contributed by atoms with Gasteiger partial charge < -0.3 is 9.72 Å². The number of esters is 1. The van der Waals surface area contributed by atoms with Gasteiger partial charge in [-0.1, -0.05) is 26.2 Å². The van der Waals surface area contributed by atoms with Crippen LogP contribution in [-0.2, 0) is 4.79 Å². The molecule has 1 heterocycles. The lowest BCUT2D eigenvalue weighted by molar-refractivity contribution is -0.134. The summed E-state index contributed by atoms with van der Waals surface area (Å²) in [5, 5.41) is 0. The second kappa shape index (κ2) is 6.19. The first-order valence-electron chi connectivity index (χ1n) is 6.43. The van der Waals surface area contributed by atoms with Gasteiger partial charge in [-0.05, 0) is 18.6 Å². The van der Waals surface area contributed by atoms with Crippen molar-refractivity contribution in [3.05, 3.63) is 24.5 Å². The first-order chi connectivity index (χ1) is 8.79. The molecule has 0 atom stereocenters. The van der Waals surface area contributed by atoms with Crippen molar-refractivity contribution in [1.29, 1.82) is 0 Å². The molecule has 0 saturated heterocycles. The molecule has 0 bridgehead atoms. The van der Waals surface area contributed by atoms with Crippen LogP contribution in [0, 0.1) is 0 Å². The van der Waals surface area contributed by atoms with Crippen LogP contribution in [0.15, 0.2) is 24.5 Å². The predicted octanol–water partition coefficient (Wildman–Crippen LogP) is 3.44. The molecule has 0 spiro atoms. The summed E-state index contributed by atoms with van der Waals surface area (Å²) in [6.45, 7) is 2.15. The van der Waals surface area contributed by atoms with Gasteiger partial charge in [0.15, 0.2) is 0 Å². The summed E-state index contributed by atoms with van der Waals surface area (Å²) >= 11 is 0. The summed E-state index contributed by atoms with van der Waals surface area (Å²) in [6.07, 6.45) is 6.44. The Morgan fingerprint density at radius 1 is 1.33 bits per heavy atom. The minimum atomic E-state index is -0.166. The number of carbonyl (C=O) groups is 1. The summed E-state index contributed by atoms with van der Waals surface area (Å²) in [5.74, 6) is 0.399. The lowest BCUT2D eigenvalue weighted by atomic mass is 10.1. The average molecular weight is 246 g/mol. The van der Waals surface area contributed by atoms with Crippen molar-refractivity contribution in [3.8, 4) is 5.75 Å². The van der Waals surface area contributed by atoms with E-state index in [0.29, 0.717) is 12.2 Å². The van der Waals surface area contributed by atoms with Crippen LogP contribution >= 0.6 is 0 Å². The highest BCUT2D eigenvalue weighted by molar-refractivity contribution is 5.78. The third-order valence-corrected chi connectivity index (χ3v) is 2.86. The van der Waals surface area contributed by atoms with Crippen LogP contribution in [-0.4, -0.2) is 15.9 Å². The second-order valence-electron chi connectivity index (χ2n) is 4.37. The van der Waals surface area contributed by atoms with Crippen LogP contribution in [0.5, 0.6) is 5.75 Å². The minimum absolute atomic E-state index is 0.166. The fourth-order valence-electron chi connectivity index (χ4n) is 1.85. The van der Waals surface area contributed by atoms with Crippen LogP contribution < -0.4 is 4.74 Å². The molecule has 18 heavy (non-hydrogen) atoms. The first-order valence-corrected chi connectivity index (χ1v) is 6.43. The second-order valence-corrected chi connectivity index (χ2v) is 4.37. The van der Waals surface area contributed by atoms with Crippen molar-refractivity contribution < 1.29 is 9.53 Å². The molecule has 4 heteroatoms. The summed E-state index contributed by atoms with van der Waals surface area (Å²) in [7, 11) is 0. The Hall–Kier alpha value is -1.84. The number of H-pyrrole nitrogens is 1. The van der Waals surface area contributed by atoms with Crippen LogP contribution in [0.2, 0.25) is 0 Å². The Balaban J connectivity index is 1.86. The number of benzene rings is 1. The van der Waals surface area contributed by atoms with E-state index in [2.05, 4.69) is 16.9 Å². The van der Waals surface area contributed by atoms with Gasteiger partial charge in [-0.2, -0.15) is 0 Å².